The molecule has 1 aromatic carbocycles. The maximum atomic E-state index is 11.6. The summed E-state index contributed by atoms with van der Waals surface area (Å²) in [5.41, 5.74) is 22.3. The van der Waals surface area contributed by atoms with E-state index in [1.54, 1.807) is 0 Å². The molecule has 0 saturated heterocycles. The van der Waals surface area contributed by atoms with Crippen molar-refractivity contribution in [3.05, 3.63) is 33.4 Å². The van der Waals surface area contributed by atoms with Gasteiger partial charge in [-0.15, -0.1) is 0 Å². The average Bonchev–Trinajstić information content (AvgIpc) is 2.34. The Hall–Kier alpha value is -3.43. The van der Waals surface area contributed by atoms with E-state index in [9.17, 15) is 24.0 Å². The molecular formula is C12H13N5O5. The molecule has 1 rings (SSSR count). The van der Waals surface area contributed by atoms with Crippen LogP contribution in [0.1, 0.15) is 57.4 Å². The summed E-state index contributed by atoms with van der Waals surface area (Å²) >= 11 is 0. The van der Waals surface area contributed by atoms with Crippen molar-refractivity contribution >= 4 is 29.5 Å². The van der Waals surface area contributed by atoms with Crippen molar-refractivity contribution in [2.75, 3.05) is 0 Å². The Morgan fingerprint density at radius 2 is 0.682 bits per heavy atom. The molecule has 116 valence electrons. The molecule has 22 heavy (non-hydrogen) atoms. The van der Waals surface area contributed by atoms with E-state index in [4.69, 9.17) is 28.7 Å². The van der Waals surface area contributed by atoms with E-state index in [0.717, 1.165) is 0 Å². The van der Waals surface area contributed by atoms with Gasteiger partial charge in [0.2, 0.25) is 29.5 Å². The first-order valence-corrected chi connectivity index (χ1v) is 5.71. The molecule has 0 heterocycles. The van der Waals surface area contributed by atoms with Crippen LogP contribution in [0.5, 0.6) is 0 Å². The van der Waals surface area contributed by atoms with E-state index < -0.39 is 57.4 Å². The second kappa shape index (κ2) is 5.52. The van der Waals surface area contributed by atoms with Crippen molar-refractivity contribution in [2.24, 2.45) is 28.7 Å². The van der Waals surface area contributed by atoms with Crippen molar-refractivity contribution in [1.82, 2.24) is 0 Å². The maximum absolute atomic E-state index is 11.6. The lowest BCUT2D eigenvalue weighted by molar-refractivity contribution is 0.0936. The fourth-order valence-corrected chi connectivity index (χ4v) is 2.23. The summed E-state index contributed by atoms with van der Waals surface area (Å²) in [4.78, 5) is 58.0. The summed E-state index contributed by atoms with van der Waals surface area (Å²) in [6, 6.07) is 0. The van der Waals surface area contributed by atoms with Crippen LogP contribution in [-0.4, -0.2) is 29.5 Å². The molecule has 0 bridgehead atoms. The maximum Gasteiger partial charge on any atom is 0.250 e. The Morgan fingerprint density at radius 3 is 0.864 bits per heavy atom. The van der Waals surface area contributed by atoms with Crippen LogP contribution in [0.2, 0.25) is 0 Å². The SMILES string of the molecule is Cc1c(C(N)=O)c(C(N)=O)c(C(N)=O)c(C(N)=O)c1C(N)=O. The Kier molecular flexibility index (Phi) is 4.17. The van der Waals surface area contributed by atoms with Crippen LogP contribution < -0.4 is 28.7 Å². The molecular weight excluding hydrogens is 294 g/mol. The van der Waals surface area contributed by atoms with Crippen molar-refractivity contribution in [2.45, 2.75) is 6.92 Å². The minimum Gasteiger partial charge on any atom is -0.366 e. The highest BCUT2D eigenvalue weighted by atomic mass is 16.2. The lowest BCUT2D eigenvalue weighted by Crippen LogP contribution is -2.34. The van der Waals surface area contributed by atoms with Gasteiger partial charge in [0.05, 0.1) is 27.8 Å². The highest BCUT2D eigenvalue weighted by molar-refractivity contribution is 6.22. The first-order chi connectivity index (χ1) is 10.0. The number of rotatable bonds is 5. The van der Waals surface area contributed by atoms with Gasteiger partial charge in [-0.1, -0.05) is 0 Å². The normalized spacial score (nSPS) is 10.0. The summed E-state index contributed by atoms with van der Waals surface area (Å²) in [5, 5.41) is 0. The number of carbonyl (C=O) groups is 5. The van der Waals surface area contributed by atoms with E-state index in [0.29, 0.717) is 0 Å². The molecule has 0 aliphatic rings. The molecule has 10 nitrogen and oxygen atoms in total. The van der Waals surface area contributed by atoms with Crippen molar-refractivity contribution < 1.29 is 24.0 Å². The van der Waals surface area contributed by atoms with Crippen LogP contribution in [0.3, 0.4) is 0 Å². The first kappa shape index (κ1) is 16.6. The number of benzene rings is 1. The number of hydrogen-bond donors (Lipinski definition) is 5. The van der Waals surface area contributed by atoms with E-state index in [-0.39, 0.29) is 5.56 Å². The lowest BCUT2D eigenvalue weighted by Gasteiger charge is -2.18. The summed E-state index contributed by atoms with van der Waals surface area (Å²) < 4.78 is 0. The van der Waals surface area contributed by atoms with Gasteiger partial charge in [0.25, 0.3) is 0 Å². The van der Waals surface area contributed by atoms with Gasteiger partial charge in [-0.3, -0.25) is 24.0 Å². The zero-order valence-corrected chi connectivity index (χ0v) is 11.4. The molecule has 0 aliphatic carbocycles. The van der Waals surface area contributed by atoms with Gasteiger partial charge < -0.3 is 28.7 Å². The van der Waals surface area contributed by atoms with Gasteiger partial charge in [-0.25, -0.2) is 0 Å². The van der Waals surface area contributed by atoms with Crippen LogP contribution >= 0.6 is 0 Å². The van der Waals surface area contributed by atoms with Crippen molar-refractivity contribution in [1.29, 1.82) is 0 Å². The zero-order chi connectivity index (χ0) is 17.4. The topological polar surface area (TPSA) is 215 Å². The molecule has 5 amide bonds. The minimum absolute atomic E-state index is 0.201. The first-order valence-electron chi connectivity index (χ1n) is 5.71. The Morgan fingerprint density at radius 1 is 0.500 bits per heavy atom. The Bertz CT molecular complexity index is 700. The summed E-state index contributed by atoms with van der Waals surface area (Å²) in [7, 11) is 0. The molecule has 0 atom stereocenters. The number of hydrogen-bond acceptors (Lipinski definition) is 5. The quantitative estimate of drug-likeness (QED) is 0.397. The number of nitrogens with two attached hydrogens (primary N) is 5. The van der Waals surface area contributed by atoms with E-state index >= 15 is 0 Å². The summed E-state index contributed by atoms with van der Waals surface area (Å²) in [6.45, 7) is 1.20. The van der Waals surface area contributed by atoms with Gasteiger partial charge >= 0.3 is 0 Å². The number of carbonyl (C=O) groups excluding carboxylic acids is 5. The zero-order valence-electron chi connectivity index (χ0n) is 11.4. The van der Waals surface area contributed by atoms with Crippen molar-refractivity contribution in [3.8, 4) is 0 Å². The van der Waals surface area contributed by atoms with Crippen LogP contribution in [0, 0.1) is 6.92 Å². The molecule has 0 spiro atoms. The largest absolute Gasteiger partial charge is 0.366 e. The number of primary amides is 5. The third kappa shape index (κ3) is 2.44. The smallest absolute Gasteiger partial charge is 0.250 e. The molecule has 0 radical (unpaired) electrons. The molecule has 0 unspecified atom stereocenters. The minimum atomic E-state index is -1.30. The van der Waals surface area contributed by atoms with Gasteiger partial charge in [0.15, 0.2) is 0 Å². The van der Waals surface area contributed by atoms with Gasteiger partial charge in [-0.2, -0.15) is 0 Å². The standard InChI is InChI=1S/C12H13N5O5/c1-2-3(8(13)18)5(10(15)20)7(12(17)22)6(11(16)21)4(2)9(14)19/h1H3,(H2,13,18)(H2,14,19)(H2,15,20)(H2,16,21)(H2,17,22). The average molecular weight is 307 g/mol. The van der Waals surface area contributed by atoms with Gasteiger partial charge in [0.1, 0.15) is 0 Å². The van der Waals surface area contributed by atoms with Crippen LogP contribution in [0.15, 0.2) is 0 Å². The Labute approximate surface area is 123 Å². The molecule has 1 aromatic rings. The van der Waals surface area contributed by atoms with Crippen LogP contribution in [0.25, 0.3) is 0 Å². The van der Waals surface area contributed by atoms with Crippen LogP contribution in [0.4, 0.5) is 0 Å². The predicted molar refractivity (Wildman–Crippen MR) is 73.8 cm³/mol. The van der Waals surface area contributed by atoms with Gasteiger partial charge in [0, 0.05) is 0 Å². The second-order valence-electron chi connectivity index (χ2n) is 4.32. The summed E-state index contributed by atoms with van der Waals surface area (Å²) in [5.74, 6) is -6.11. The Balaban J connectivity index is 4.31. The summed E-state index contributed by atoms with van der Waals surface area (Å²) in [6.07, 6.45) is 0. The predicted octanol–water partition coefficient (Wildman–Crippen LogP) is -2.51. The third-order valence-corrected chi connectivity index (χ3v) is 2.98. The van der Waals surface area contributed by atoms with Crippen LogP contribution in [-0.2, 0) is 0 Å². The van der Waals surface area contributed by atoms with Crippen molar-refractivity contribution in [3.63, 3.8) is 0 Å². The molecule has 0 saturated carbocycles. The highest BCUT2D eigenvalue weighted by Crippen LogP contribution is 2.27. The third-order valence-electron chi connectivity index (χ3n) is 2.98. The van der Waals surface area contributed by atoms with Gasteiger partial charge in [-0.05, 0) is 12.5 Å². The second-order valence-corrected chi connectivity index (χ2v) is 4.32. The fourth-order valence-electron chi connectivity index (χ4n) is 2.23. The fraction of sp³-hybridized carbons (Fsp3) is 0.0833. The van der Waals surface area contributed by atoms with E-state index in [1.807, 2.05) is 0 Å². The molecule has 10 N–H and O–H groups in total. The van der Waals surface area contributed by atoms with E-state index in [2.05, 4.69) is 0 Å². The monoisotopic (exact) mass is 307 g/mol. The number of amides is 5. The molecule has 0 fully saturated rings. The molecule has 0 aromatic heterocycles. The van der Waals surface area contributed by atoms with E-state index in [1.165, 1.54) is 6.92 Å². The highest BCUT2D eigenvalue weighted by Gasteiger charge is 2.33. The lowest BCUT2D eigenvalue weighted by atomic mass is 9.85. The molecule has 0 aliphatic heterocycles. The molecule has 10 heteroatoms.